The van der Waals surface area contributed by atoms with Crippen LogP contribution in [0.3, 0.4) is 0 Å². The van der Waals surface area contributed by atoms with E-state index in [9.17, 15) is 9.59 Å². The molecule has 29 heavy (non-hydrogen) atoms. The van der Waals surface area contributed by atoms with Gasteiger partial charge in [-0.3, -0.25) is 8.42 Å². The van der Waals surface area contributed by atoms with Gasteiger partial charge >= 0.3 is 11.9 Å². The average Bonchev–Trinajstić information content (AvgIpc) is 2.60. The summed E-state index contributed by atoms with van der Waals surface area (Å²) in [7, 11) is 3.23. The van der Waals surface area contributed by atoms with Crippen LogP contribution in [0.15, 0.2) is 25.3 Å². The largest absolute Gasteiger partial charge is 0.759 e. The van der Waals surface area contributed by atoms with Crippen LogP contribution in [0, 0.1) is 0 Å². The number of quaternary nitrogens is 2. The molecule has 0 amide bonds. The summed E-state index contributed by atoms with van der Waals surface area (Å²) in [5.74, 6) is -0.683. The summed E-state index contributed by atoms with van der Waals surface area (Å²) < 4.78 is 45.5. The summed E-state index contributed by atoms with van der Waals surface area (Å²) in [5, 5.41) is 0. The molecule has 0 aromatic carbocycles. The van der Waals surface area contributed by atoms with Crippen LogP contribution in [-0.2, 0) is 29.5 Å². The fourth-order valence-electron chi connectivity index (χ4n) is 1.22. The van der Waals surface area contributed by atoms with Crippen molar-refractivity contribution in [3.63, 3.8) is 0 Å². The van der Waals surface area contributed by atoms with Gasteiger partial charge in [0.15, 0.2) is 0 Å². The monoisotopic (exact) mass is 440 g/mol. The zero-order valence-electron chi connectivity index (χ0n) is 18.4. The molecule has 10 nitrogen and oxygen atoms in total. The molecule has 172 valence electrons. The summed E-state index contributed by atoms with van der Waals surface area (Å²) in [5.41, 5.74) is 0. The minimum atomic E-state index is -5.17. The van der Waals surface area contributed by atoms with Crippen molar-refractivity contribution in [3.8, 4) is 0 Å². The SMILES string of the molecule is C=CC(=O)OCC[N+](C)(C)CC.C=CC(=O)OCC[N+](C)(C)CC.O=S(=O)([O-])[O-]. The Bertz CT molecular complexity index is 555. The minimum absolute atomic E-state index is 0.342. The molecule has 0 unspecified atom stereocenters. The molecule has 0 atom stereocenters. The number of hydrogen-bond acceptors (Lipinski definition) is 8. The lowest BCUT2D eigenvalue weighted by molar-refractivity contribution is -0.888. The van der Waals surface area contributed by atoms with Crippen molar-refractivity contribution in [1.82, 2.24) is 0 Å². The van der Waals surface area contributed by atoms with Crippen molar-refractivity contribution < 1.29 is 45.6 Å². The Morgan fingerprint density at radius 2 is 1.07 bits per heavy atom. The fourth-order valence-corrected chi connectivity index (χ4v) is 1.22. The molecule has 0 heterocycles. The molecule has 11 heteroatoms. The lowest BCUT2D eigenvalue weighted by atomic mass is 10.4. The molecule has 0 fully saturated rings. The van der Waals surface area contributed by atoms with Crippen molar-refractivity contribution >= 4 is 22.3 Å². The molecular weight excluding hydrogens is 404 g/mol. The third kappa shape index (κ3) is 31.1. The van der Waals surface area contributed by atoms with Gasteiger partial charge in [-0.05, 0) is 13.8 Å². The number of carbonyl (C=O) groups excluding carboxylic acids is 2. The first-order chi connectivity index (χ1) is 13.0. The van der Waals surface area contributed by atoms with E-state index in [1.807, 2.05) is 0 Å². The lowest BCUT2D eigenvalue weighted by Crippen LogP contribution is -2.42. The maximum absolute atomic E-state index is 10.6. The van der Waals surface area contributed by atoms with Crippen molar-refractivity contribution in [2.45, 2.75) is 13.8 Å². The number of rotatable bonds is 10. The highest BCUT2D eigenvalue weighted by atomic mass is 32.3. The van der Waals surface area contributed by atoms with Gasteiger partial charge < -0.3 is 27.5 Å². The maximum atomic E-state index is 10.6. The van der Waals surface area contributed by atoms with E-state index >= 15 is 0 Å². The molecule has 0 aromatic rings. The van der Waals surface area contributed by atoms with E-state index in [4.69, 9.17) is 27.0 Å². The first-order valence-corrected chi connectivity index (χ1v) is 10.3. The first-order valence-electron chi connectivity index (χ1n) is 8.92. The quantitative estimate of drug-likeness (QED) is 0.156. The van der Waals surface area contributed by atoms with Crippen LogP contribution >= 0.6 is 0 Å². The Labute approximate surface area is 175 Å². The van der Waals surface area contributed by atoms with Gasteiger partial charge in [-0.1, -0.05) is 13.2 Å². The highest BCUT2D eigenvalue weighted by Crippen LogP contribution is 1.96. The summed E-state index contributed by atoms with van der Waals surface area (Å²) >= 11 is 0. The summed E-state index contributed by atoms with van der Waals surface area (Å²) in [6, 6.07) is 0. The molecule has 0 saturated carbocycles. The van der Waals surface area contributed by atoms with Gasteiger partial charge in [0.05, 0.1) is 41.3 Å². The number of esters is 2. The highest BCUT2D eigenvalue weighted by Gasteiger charge is 2.12. The van der Waals surface area contributed by atoms with Gasteiger partial charge in [-0.15, -0.1) is 0 Å². The summed E-state index contributed by atoms with van der Waals surface area (Å²) in [6.07, 6.45) is 2.37. The van der Waals surface area contributed by atoms with E-state index < -0.39 is 10.4 Å². The Kier molecular flexibility index (Phi) is 17.7. The van der Waals surface area contributed by atoms with Crippen LogP contribution < -0.4 is 0 Å². The van der Waals surface area contributed by atoms with E-state index in [2.05, 4.69) is 55.2 Å². The molecular formula is C18H36N2O8S. The zero-order chi connectivity index (χ0) is 23.7. The standard InChI is InChI=1S/2C9H18NO2.H2O4S/c2*1-5-9(11)12-8-7-10(3,4)6-2;1-5(2,3)4/h2*5H,1,6-8H2,2-4H3;(H2,1,2,3,4)/q2*+1;/p-2. The predicted molar refractivity (Wildman–Crippen MR) is 108 cm³/mol. The molecule has 0 aliphatic heterocycles. The third-order valence-electron chi connectivity index (χ3n) is 3.93. The molecule has 0 aliphatic rings. The normalized spacial score (nSPS) is 11.0. The van der Waals surface area contributed by atoms with Crippen molar-refractivity contribution in [2.75, 3.05) is 67.6 Å². The molecule has 0 saturated heterocycles. The van der Waals surface area contributed by atoms with E-state index in [1.165, 1.54) is 12.2 Å². The molecule has 0 aliphatic carbocycles. The first kappa shape index (κ1) is 31.9. The number of carbonyl (C=O) groups is 2. The van der Waals surface area contributed by atoms with Crippen molar-refractivity contribution in [1.29, 1.82) is 0 Å². The molecule has 0 rings (SSSR count). The van der Waals surface area contributed by atoms with Gasteiger partial charge in [-0.2, -0.15) is 0 Å². The Morgan fingerprint density at radius 1 is 0.828 bits per heavy atom. The third-order valence-corrected chi connectivity index (χ3v) is 3.93. The van der Waals surface area contributed by atoms with Crippen molar-refractivity contribution in [3.05, 3.63) is 25.3 Å². The fraction of sp³-hybridized carbons (Fsp3) is 0.667. The highest BCUT2D eigenvalue weighted by molar-refractivity contribution is 7.79. The average molecular weight is 441 g/mol. The van der Waals surface area contributed by atoms with E-state index in [0.29, 0.717) is 13.2 Å². The van der Waals surface area contributed by atoms with Gasteiger partial charge in [0.1, 0.15) is 26.3 Å². The van der Waals surface area contributed by atoms with Crippen LogP contribution in [0.4, 0.5) is 0 Å². The van der Waals surface area contributed by atoms with Gasteiger partial charge in [0, 0.05) is 22.6 Å². The Hall–Kier alpha value is -1.79. The second kappa shape index (κ2) is 16.1. The number of nitrogens with zero attached hydrogens (tertiary/aromatic N) is 2. The number of ether oxygens (including phenoxy) is 2. The van der Waals surface area contributed by atoms with Crippen LogP contribution in [-0.4, -0.2) is 106 Å². The zero-order valence-corrected chi connectivity index (χ0v) is 19.2. The second-order valence-electron chi connectivity index (χ2n) is 7.10. The van der Waals surface area contributed by atoms with Crippen LogP contribution in [0.5, 0.6) is 0 Å². The van der Waals surface area contributed by atoms with Gasteiger partial charge in [0.2, 0.25) is 0 Å². The van der Waals surface area contributed by atoms with Crippen LogP contribution in [0.2, 0.25) is 0 Å². The lowest BCUT2D eigenvalue weighted by Gasteiger charge is -2.27. The Balaban J connectivity index is -0.000000380. The van der Waals surface area contributed by atoms with E-state index in [0.717, 1.165) is 35.1 Å². The smallest absolute Gasteiger partial charge is 0.330 e. The predicted octanol–water partition coefficient (Wildman–Crippen LogP) is 0.286. The van der Waals surface area contributed by atoms with Crippen molar-refractivity contribution in [2.24, 2.45) is 0 Å². The van der Waals surface area contributed by atoms with E-state index in [-0.39, 0.29) is 11.9 Å². The second-order valence-corrected chi connectivity index (χ2v) is 7.92. The van der Waals surface area contributed by atoms with E-state index in [1.54, 1.807) is 0 Å². The molecule has 0 radical (unpaired) electrons. The number of hydrogen-bond donors (Lipinski definition) is 0. The number of likely N-dealkylation sites (N-methyl/N-ethyl adjacent to an activating group) is 2. The van der Waals surface area contributed by atoms with Gasteiger partial charge in [-0.25, -0.2) is 9.59 Å². The minimum Gasteiger partial charge on any atom is -0.759 e. The summed E-state index contributed by atoms with van der Waals surface area (Å²) in [4.78, 5) is 21.3. The Morgan fingerprint density at radius 3 is 1.24 bits per heavy atom. The topological polar surface area (TPSA) is 133 Å². The van der Waals surface area contributed by atoms with Gasteiger partial charge in [0.25, 0.3) is 0 Å². The van der Waals surface area contributed by atoms with Crippen LogP contribution in [0.25, 0.3) is 0 Å². The molecule has 0 bridgehead atoms. The summed E-state index contributed by atoms with van der Waals surface area (Å²) in [6.45, 7) is 15.5. The molecule has 0 N–H and O–H groups in total. The molecule has 0 aromatic heterocycles. The van der Waals surface area contributed by atoms with Crippen LogP contribution in [0.1, 0.15) is 13.8 Å². The molecule has 0 spiro atoms. The maximum Gasteiger partial charge on any atom is 0.330 e.